The minimum atomic E-state index is -1.25. The predicted molar refractivity (Wildman–Crippen MR) is 126 cm³/mol. The van der Waals surface area contributed by atoms with E-state index in [0.717, 1.165) is 0 Å². The van der Waals surface area contributed by atoms with Crippen LogP contribution in [0.25, 0.3) is 0 Å². The van der Waals surface area contributed by atoms with Crippen LogP contribution in [-0.2, 0) is 38.0 Å². The number of halogens is 1. The molecule has 2 N–H and O–H groups in total. The first kappa shape index (κ1) is 32.6. The molecule has 202 valence electrons. The highest BCUT2D eigenvalue weighted by atomic mass is 19.1. The van der Waals surface area contributed by atoms with Gasteiger partial charge in [-0.3, -0.25) is 9.59 Å². The van der Waals surface area contributed by atoms with Gasteiger partial charge in [0.2, 0.25) is 11.8 Å². The zero-order valence-electron chi connectivity index (χ0n) is 21.3. The minimum Gasteiger partial charge on any atom is -0.377 e. The summed E-state index contributed by atoms with van der Waals surface area (Å²) >= 11 is 0. The molecule has 0 aromatic heterocycles. The number of nitrogens with one attached hydrogen (secondary N) is 2. The molecule has 1 unspecified atom stereocenters. The third kappa shape index (κ3) is 18.0. The van der Waals surface area contributed by atoms with Crippen molar-refractivity contribution >= 4 is 11.8 Å². The summed E-state index contributed by atoms with van der Waals surface area (Å²) in [7, 11) is 1.46. The van der Waals surface area contributed by atoms with Gasteiger partial charge in [-0.25, -0.2) is 4.39 Å². The Morgan fingerprint density at radius 3 is 1.74 bits per heavy atom. The van der Waals surface area contributed by atoms with Crippen molar-refractivity contribution in [2.45, 2.75) is 39.8 Å². The predicted octanol–water partition coefficient (Wildman–Crippen LogP) is 1.11. The molecule has 34 heavy (non-hydrogen) atoms. The Balaban J connectivity index is 3.35. The quantitative estimate of drug-likeness (QED) is 0.191. The summed E-state index contributed by atoms with van der Waals surface area (Å²) in [5.41, 5.74) is -0.456. The molecule has 0 rings (SSSR count). The Hall–Kier alpha value is -1.37. The van der Waals surface area contributed by atoms with E-state index >= 15 is 0 Å². The normalized spacial score (nSPS) is 12.5. The Morgan fingerprint density at radius 1 is 0.794 bits per heavy atom. The van der Waals surface area contributed by atoms with E-state index in [1.165, 1.54) is 7.11 Å². The molecule has 1 atom stereocenters. The SMILES string of the molecule is CCC(C)(CC)C(=O)NCC(F)COCCOCCOCCOCCOCCNC(=O)COC. The lowest BCUT2D eigenvalue weighted by Crippen LogP contribution is -2.41. The zero-order valence-corrected chi connectivity index (χ0v) is 21.3. The van der Waals surface area contributed by atoms with E-state index in [-0.39, 0.29) is 38.2 Å². The summed E-state index contributed by atoms with van der Waals surface area (Å²) in [6, 6.07) is 0. The fourth-order valence-electron chi connectivity index (χ4n) is 2.58. The second-order valence-corrected chi connectivity index (χ2v) is 7.88. The number of alkyl halides is 1. The smallest absolute Gasteiger partial charge is 0.246 e. The van der Waals surface area contributed by atoms with Gasteiger partial charge in [-0.2, -0.15) is 0 Å². The Labute approximate surface area is 203 Å². The van der Waals surface area contributed by atoms with Crippen LogP contribution < -0.4 is 10.6 Å². The van der Waals surface area contributed by atoms with Crippen molar-refractivity contribution in [2.75, 3.05) is 92.9 Å². The number of hydrogen-bond acceptors (Lipinski definition) is 8. The van der Waals surface area contributed by atoms with Gasteiger partial charge >= 0.3 is 0 Å². The van der Waals surface area contributed by atoms with Crippen molar-refractivity contribution in [3.05, 3.63) is 0 Å². The largest absolute Gasteiger partial charge is 0.377 e. The van der Waals surface area contributed by atoms with Crippen LogP contribution in [0.2, 0.25) is 0 Å². The first-order valence-corrected chi connectivity index (χ1v) is 12.0. The molecule has 0 radical (unpaired) electrons. The van der Waals surface area contributed by atoms with Gasteiger partial charge < -0.3 is 39.1 Å². The molecule has 0 aromatic rings. The Kier molecular flexibility index (Phi) is 21.2. The fourth-order valence-corrected chi connectivity index (χ4v) is 2.58. The van der Waals surface area contributed by atoms with Gasteiger partial charge in [0, 0.05) is 19.1 Å². The topological polar surface area (TPSA) is 114 Å². The highest BCUT2D eigenvalue weighted by molar-refractivity contribution is 5.82. The molecule has 0 bridgehead atoms. The van der Waals surface area contributed by atoms with Crippen molar-refractivity contribution in [3.63, 3.8) is 0 Å². The minimum absolute atomic E-state index is 0.0433. The molecule has 0 aliphatic rings. The lowest BCUT2D eigenvalue weighted by molar-refractivity contribution is -0.131. The van der Waals surface area contributed by atoms with E-state index < -0.39 is 11.6 Å². The molecule has 2 amide bonds. The third-order valence-electron chi connectivity index (χ3n) is 5.22. The van der Waals surface area contributed by atoms with Crippen LogP contribution in [0.5, 0.6) is 0 Å². The number of amides is 2. The van der Waals surface area contributed by atoms with Gasteiger partial charge in [0.25, 0.3) is 0 Å². The summed E-state index contributed by atoms with van der Waals surface area (Å²) in [6.45, 7) is 9.75. The van der Waals surface area contributed by atoms with Crippen LogP contribution in [0, 0.1) is 5.41 Å². The van der Waals surface area contributed by atoms with Crippen molar-refractivity contribution in [3.8, 4) is 0 Å². The standard InChI is InChI=1S/C23H45FN2O8/c1-5-23(3,6-2)22(28)26-17-20(24)18-34-16-15-33-14-13-32-12-11-31-10-9-30-8-7-25-21(27)19-29-4/h20H,5-19H2,1-4H3,(H,25,27)(H,26,28). The van der Waals surface area contributed by atoms with Crippen LogP contribution in [0.15, 0.2) is 0 Å². The molecule has 0 saturated carbocycles. The second kappa shape index (κ2) is 22.1. The maximum Gasteiger partial charge on any atom is 0.246 e. The number of ether oxygens (including phenoxy) is 6. The first-order valence-electron chi connectivity index (χ1n) is 12.0. The molecule has 0 fully saturated rings. The van der Waals surface area contributed by atoms with Crippen LogP contribution in [0.1, 0.15) is 33.6 Å². The van der Waals surface area contributed by atoms with Crippen molar-refractivity contribution in [1.82, 2.24) is 10.6 Å². The average Bonchev–Trinajstić information content (AvgIpc) is 2.83. The Morgan fingerprint density at radius 2 is 1.26 bits per heavy atom. The van der Waals surface area contributed by atoms with Gasteiger partial charge in [0.1, 0.15) is 12.8 Å². The number of methoxy groups -OCH3 is 1. The van der Waals surface area contributed by atoms with E-state index in [2.05, 4.69) is 10.6 Å². The van der Waals surface area contributed by atoms with Gasteiger partial charge in [0.05, 0.1) is 72.6 Å². The van der Waals surface area contributed by atoms with Gasteiger partial charge in [-0.05, 0) is 12.8 Å². The maximum absolute atomic E-state index is 13.9. The summed E-state index contributed by atoms with van der Waals surface area (Å²) in [6.07, 6.45) is 0.174. The molecule has 0 heterocycles. The van der Waals surface area contributed by atoms with E-state index in [4.69, 9.17) is 28.4 Å². The van der Waals surface area contributed by atoms with E-state index in [0.29, 0.717) is 72.2 Å². The van der Waals surface area contributed by atoms with Gasteiger partial charge in [-0.15, -0.1) is 0 Å². The van der Waals surface area contributed by atoms with Crippen LogP contribution in [0.4, 0.5) is 4.39 Å². The molecule has 0 spiro atoms. The number of hydrogen-bond donors (Lipinski definition) is 2. The maximum atomic E-state index is 13.9. The van der Waals surface area contributed by atoms with Crippen LogP contribution >= 0.6 is 0 Å². The highest BCUT2D eigenvalue weighted by Crippen LogP contribution is 2.25. The van der Waals surface area contributed by atoms with Gasteiger partial charge in [-0.1, -0.05) is 20.8 Å². The summed E-state index contributed by atoms with van der Waals surface area (Å²) in [5, 5.41) is 5.31. The molecule has 0 aliphatic carbocycles. The lowest BCUT2D eigenvalue weighted by atomic mass is 9.84. The van der Waals surface area contributed by atoms with Gasteiger partial charge in [0.15, 0.2) is 0 Å². The van der Waals surface area contributed by atoms with E-state index in [1.807, 2.05) is 20.8 Å². The second-order valence-electron chi connectivity index (χ2n) is 7.88. The van der Waals surface area contributed by atoms with Crippen molar-refractivity contribution < 1.29 is 42.4 Å². The van der Waals surface area contributed by atoms with Crippen LogP contribution in [-0.4, -0.2) is 111 Å². The molecule has 0 aliphatic heterocycles. The summed E-state index contributed by atoms with van der Waals surface area (Å²) < 4.78 is 45.2. The summed E-state index contributed by atoms with van der Waals surface area (Å²) in [4.78, 5) is 23.2. The fraction of sp³-hybridized carbons (Fsp3) is 0.913. The highest BCUT2D eigenvalue weighted by Gasteiger charge is 2.29. The number of carbonyl (C=O) groups is 2. The Bertz CT molecular complexity index is 509. The van der Waals surface area contributed by atoms with Crippen molar-refractivity contribution in [1.29, 1.82) is 0 Å². The average molecular weight is 497 g/mol. The van der Waals surface area contributed by atoms with Crippen LogP contribution in [0.3, 0.4) is 0 Å². The molecule has 10 nitrogen and oxygen atoms in total. The van der Waals surface area contributed by atoms with Crippen molar-refractivity contribution in [2.24, 2.45) is 5.41 Å². The molecular formula is C23H45FN2O8. The molecule has 0 saturated heterocycles. The van der Waals surface area contributed by atoms with E-state index in [1.54, 1.807) is 0 Å². The number of rotatable bonds is 24. The lowest BCUT2D eigenvalue weighted by Gasteiger charge is -2.25. The molecular weight excluding hydrogens is 451 g/mol. The van der Waals surface area contributed by atoms with E-state index in [9.17, 15) is 14.0 Å². The first-order chi connectivity index (χ1) is 16.4. The zero-order chi connectivity index (χ0) is 25.5. The third-order valence-corrected chi connectivity index (χ3v) is 5.22. The molecule has 11 heteroatoms. The monoisotopic (exact) mass is 496 g/mol. The molecule has 0 aromatic carbocycles. The number of carbonyl (C=O) groups excluding carboxylic acids is 2. The summed E-state index contributed by atoms with van der Waals surface area (Å²) in [5.74, 6) is -0.295.